The quantitative estimate of drug-likeness (QED) is 0.874. The molecule has 124 valence electrons. The van der Waals surface area contributed by atoms with Crippen LogP contribution in [0.15, 0.2) is 23.1 Å². The zero-order chi connectivity index (χ0) is 16.3. The molecular formula is C14H20F2N2O3S. The molecule has 0 saturated carbocycles. The monoisotopic (exact) mass is 334 g/mol. The van der Waals surface area contributed by atoms with Crippen LogP contribution in [-0.2, 0) is 10.0 Å². The Balaban J connectivity index is 2.15. The number of sulfonamides is 1. The van der Waals surface area contributed by atoms with Gasteiger partial charge in [0, 0.05) is 32.2 Å². The summed E-state index contributed by atoms with van der Waals surface area (Å²) in [5, 5.41) is 9.28. The van der Waals surface area contributed by atoms with Crippen LogP contribution in [0.25, 0.3) is 0 Å². The van der Waals surface area contributed by atoms with Gasteiger partial charge in [0.15, 0.2) is 11.6 Å². The zero-order valence-corrected chi connectivity index (χ0v) is 13.2. The lowest BCUT2D eigenvalue weighted by atomic mass is 10.2. The molecule has 1 fully saturated rings. The lowest BCUT2D eigenvalue weighted by Crippen LogP contribution is -2.52. The van der Waals surface area contributed by atoms with Crippen molar-refractivity contribution in [2.45, 2.75) is 24.3 Å². The second-order valence-corrected chi connectivity index (χ2v) is 7.14. The van der Waals surface area contributed by atoms with E-state index in [-0.39, 0.29) is 25.7 Å². The topological polar surface area (TPSA) is 60.9 Å². The molecule has 1 heterocycles. The van der Waals surface area contributed by atoms with E-state index in [1.54, 1.807) is 0 Å². The minimum absolute atomic E-state index is 0.00393. The molecule has 0 amide bonds. The summed E-state index contributed by atoms with van der Waals surface area (Å²) >= 11 is 0. The van der Waals surface area contributed by atoms with Crippen LogP contribution in [0.4, 0.5) is 8.78 Å². The predicted octanol–water partition coefficient (Wildman–Crippen LogP) is 1.04. The molecule has 0 aliphatic carbocycles. The number of hydrogen-bond acceptors (Lipinski definition) is 4. The van der Waals surface area contributed by atoms with Gasteiger partial charge in [0.2, 0.25) is 10.0 Å². The van der Waals surface area contributed by atoms with Crippen molar-refractivity contribution in [1.82, 2.24) is 9.21 Å². The second kappa shape index (κ2) is 6.99. The van der Waals surface area contributed by atoms with E-state index in [2.05, 4.69) is 0 Å². The summed E-state index contributed by atoms with van der Waals surface area (Å²) in [5.41, 5.74) is 0. The molecule has 1 saturated heterocycles. The highest BCUT2D eigenvalue weighted by Gasteiger charge is 2.32. The average Bonchev–Trinajstić information content (AvgIpc) is 2.51. The Labute approximate surface area is 129 Å². The summed E-state index contributed by atoms with van der Waals surface area (Å²) in [5.74, 6) is -2.52. The van der Waals surface area contributed by atoms with Gasteiger partial charge in [-0.1, -0.05) is 13.0 Å². The largest absolute Gasteiger partial charge is 0.395 e. The smallest absolute Gasteiger partial charge is 0.246 e. The van der Waals surface area contributed by atoms with E-state index in [4.69, 9.17) is 0 Å². The fourth-order valence-electron chi connectivity index (χ4n) is 2.63. The first-order chi connectivity index (χ1) is 10.4. The third-order valence-electron chi connectivity index (χ3n) is 4.01. The van der Waals surface area contributed by atoms with Crippen LogP contribution < -0.4 is 0 Å². The van der Waals surface area contributed by atoms with Gasteiger partial charge in [-0.15, -0.1) is 0 Å². The maximum Gasteiger partial charge on any atom is 0.246 e. The Bertz CT molecular complexity index is 613. The van der Waals surface area contributed by atoms with Gasteiger partial charge in [-0.3, -0.25) is 4.90 Å². The Kier molecular flexibility index (Phi) is 5.49. The molecule has 1 aliphatic rings. The Morgan fingerprint density at radius 3 is 2.41 bits per heavy atom. The van der Waals surface area contributed by atoms with Crippen molar-refractivity contribution >= 4 is 10.0 Å². The average molecular weight is 334 g/mol. The number of benzene rings is 1. The molecule has 0 spiro atoms. The first-order valence-corrected chi connectivity index (χ1v) is 8.65. The van der Waals surface area contributed by atoms with Crippen LogP contribution in [0.5, 0.6) is 0 Å². The molecule has 1 aromatic carbocycles. The van der Waals surface area contributed by atoms with E-state index in [9.17, 15) is 22.3 Å². The van der Waals surface area contributed by atoms with Gasteiger partial charge in [0.05, 0.1) is 6.61 Å². The lowest BCUT2D eigenvalue weighted by Gasteiger charge is -2.37. The summed E-state index contributed by atoms with van der Waals surface area (Å²) in [6.07, 6.45) is 0.766. The number of rotatable bonds is 5. The Morgan fingerprint density at radius 1 is 1.23 bits per heavy atom. The maximum absolute atomic E-state index is 13.7. The van der Waals surface area contributed by atoms with Crippen molar-refractivity contribution in [1.29, 1.82) is 0 Å². The molecule has 0 radical (unpaired) electrons. The Hall–Kier alpha value is -1.09. The number of halogens is 2. The highest BCUT2D eigenvalue weighted by molar-refractivity contribution is 7.89. The number of nitrogens with zero attached hydrogens (tertiary/aromatic N) is 2. The summed E-state index contributed by atoms with van der Waals surface area (Å²) in [6.45, 7) is 3.25. The molecule has 22 heavy (non-hydrogen) atoms. The maximum atomic E-state index is 13.7. The van der Waals surface area contributed by atoms with Gasteiger partial charge in [-0.2, -0.15) is 4.31 Å². The highest BCUT2D eigenvalue weighted by Crippen LogP contribution is 2.22. The van der Waals surface area contributed by atoms with Crippen LogP contribution >= 0.6 is 0 Å². The van der Waals surface area contributed by atoms with Gasteiger partial charge >= 0.3 is 0 Å². The van der Waals surface area contributed by atoms with Crippen molar-refractivity contribution in [3.05, 3.63) is 29.8 Å². The van der Waals surface area contributed by atoms with Crippen LogP contribution in [0.2, 0.25) is 0 Å². The van der Waals surface area contributed by atoms with E-state index in [1.165, 1.54) is 6.07 Å². The predicted molar refractivity (Wildman–Crippen MR) is 77.9 cm³/mol. The van der Waals surface area contributed by atoms with Crippen molar-refractivity contribution in [3.8, 4) is 0 Å². The molecule has 1 atom stereocenters. The molecule has 2 rings (SSSR count). The molecule has 0 bridgehead atoms. The molecule has 5 nitrogen and oxygen atoms in total. The van der Waals surface area contributed by atoms with Crippen LogP contribution in [0.3, 0.4) is 0 Å². The van der Waals surface area contributed by atoms with Gasteiger partial charge in [-0.05, 0) is 18.6 Å². The minimum Gasteiger partial charge on any atom is -0.395 e. The number of hydrogen-bond donors (Lipinski definition) is 1. The summed E-state index contributed by atoms with van der Waals surface area (Å²) in [4.78, 5) is 1.38. The van der Waals surface area contributed by atoms with Crippen LogP contribution in [-0.4, -0.2) is 61.6 Å². The Morgan fingerprint density at radius 2 is 1.86 bits per heavy atom. The first kappa shape index (κ1) is 17.3. The summed E-state index contributed by atoms with van der Waals surface area (Å²) in [6, 6.07) is 3.14. The van der Waals surface area contributed by atoms with Gasteiger partial charge in [0.1, 0.15) is 4.90 Å². The molecule has 1 aromatic rings. The van der Waals surface area contributed by atoms with E-state index in [0.29, 0.717) is 13.1 Å². The summed E-state index contributed by atoms with van der Waals surface area (Å²) in [7, 11) is -4.05. The van der Waals surface area contributed by atoms with Crippen LogP contribution in [0.1, 0.15) is 13.3 Å². The second-order valence-electron chi connectivity index (χ2n) is 5.24. The van der Waals surface area contributed by atoms with Gasteiger partial charge in [-0.25, -0.2) is 17.2 Å². The van der Waals surface area contributed by atoms with E-state index in [0.717, 1.165) is 22.9 Å². The lowest BCUT2D eigenvalue weighted by molar-refractivity contribution is 0.0880. The zero-order valence-electron chi connectivity index (χ0n) is 12.4. The third-order valence-corrected chi connectivity index (χ3v) is 5.92. The molecule has 0 aromatic heterocycles. The van der Waals surface area contributed by atoms with Crippen LogP contribution in [0, 0.1) is 11.6 Å². The van der Waals surface area contributed by atoms with Gasteiger partial charge < -0.3 is 5.11 Å². The molecule has 1 unspecified atom stereocenters. The van der Waals surface area contributed by atoms with Crippen molar-refractivity contribution in [3.63, 3.8) is 0 Å². The standard InChI is InChI=1S/C14H20F2N2O3S/c1-2-11(10-19)17-6-8-18(9-7-17)22(20,21)13-5-3-4-12(15)14(13)16/h3-5,11,19H,2,6-10H2,1H3. The highest BCUT2D eigenvalue weighted by atomic mass is 32.2. The minimum atomic E-state index is -4.05. The molecule has 1 N–H and O–H groups in total. The third kappa shape index (κ3) is 3.29. The van der Waals surface area contributed by atoms with E-state index < -0.39 is 26.6 Å². The normalized spacial score (nSPS) is 19.3. The molecule has 8 heteroatoms. The van der Waals surface area contributed by atoms with E-state index in [1.807, 2.05) is 11.8 Å². The van der Waals surface area contributed by atoms with Crippen molar-refractivity contribution in [2.24, 2.45) is 0 Å². The summed E-state index contributed by atoms with van der Waals surface area (Å²) < 4.78 is 53.0. The van der Waals surface area contributed by atoms with E-state index >= 15 is 0 Å². The molecule has 1 aliphatic heterocycles. The van der Waals surface area contributed by atoms with Crippen molar-refractivity contribution in [2.75, 3.05) is 32.8 Å². The number of aliphatic hydroxyl groups excluding tert-OH is 1. The van der Waals surface area contributed by atoms with Crippen molar-refractivity contribution < 1.29 is 22.3 Å². The van der Waals surface area contributed by atoms with Gasteiger partial charge in [0.25, 0.3) is 0 Å². The fraction of sp³-hybridized carbons (Fsp3) is 0.571. The SMILES string of the molecule is CCC(CO)N1CCN(S(=O)(=O)c2cccc(F)c2F)CC1. The number of aliphatic hydroxyl groups is 1. The number of piperazine rings is 1. The first-order valence-electron chi connectivity index (χ1n) is 7.20. The molecular weight excluding hydrogens is 314 g/mol. The fourth-order valence-corrected chi connectivity index (χ4v) is 4.13.